The summed E-state index contributed by atoms with van der Waals surface area (Å²) in [6.45, 7) is 1.89. The van der Waals surface area contributed by atoms with Crippen molar-refractivity contribution in [2.24, 2.45) is 0 Å². The Labute approximate surface area is 244 Å². The van der Waals surface area contributed by atoms with Crippen molar-refractivity contribution in [2.75, 3.05) is 25.0 Å². The van der Waals surface area contributed by atoms with E-state index in [-0.39, 0.29) is 11.9 Å². The van der Waals surface area contributed by atoms with Gasteiger partial charge in [0.15, 0.2) is 6.29 Å². The van der Waals surface area contributed by atoms with Gasteiger partial charge in [-0.3, -0.25) is 9.59 Å². The number of carbonyl (C=O) groups is 2. The molecule has 10 heteroatoms. The van der Waals surface area contributed by atoms with Crippen molar-refractivity contribution < 1.29 is 23.9 Å². The molecule has 1 aromatic heterocycles. The predicted octanol–water partition coefficient (Wildman–Crippen LogP) is 5.83. The summed E-state index contributed by atoms with van der Waals surface area (Å²) in [6, 6.07) is 18.6. The fourth-order valence-corrected chi connectivity index (χ4v) is 4.91. The van der Waals surface area contributed by atoms with Crippen LogP contribution < -0.4 is 15.5 Å². The number of hydrogen-bond acceptors (Lipinski definition) is 7. The smallest absolute Gasteiger partial charge is 0.267 e. The van der Waals surface area contributed by atoms with Crippen LogP contribution in [-0.2, 0) is 14.4 Å². The highest BCUT2D eigenvalue weighted by atomic mass is 35.5. The first-order chi connectivity index (χ1) is 20.0. The molecule has 2 N–H and O–H groups in total. The minimum Gasteiger partial charge on any atom is -0.457 e. The van der Waals surface area contributed by atoms with Crippen LogP contribution >= 0.6 is 11.6 Å². The molecule has 1 atom stereocenters. The molecule has 2 saturated heterocycles. The van der Waals surface area contributed by atoms with Crippen molar-refractivity contribution >= 4 is 35.3 Å². The average Bonchev–Trinajstić information content (AvgIpc) is 3.01. The third kappa shape index (κ3) is 8.29. The lowest BCUT2D eigenvalue weighted by Crippen LogP contribution is -2.42. The van der Waals surface area contributed by atoms with Gasteiger partial charge in [0.05, 0.1) is 5.02 Å². The standard InChI is InChI=1S/C31H33ClN4O5/c32-27-20-22(9-14-28(37)35-41-29-8-4-5-19-39-29)21-33-30(27)34-24-15-17-36(18-16-24)31(38)23-10-12-26(13-11-23)40-25-6-2-1-3-7-25/h1-3,6-7,9-14,20-21,24,29H,4-5,8,15-19H2,(H,33,34)(H,35,37). The van der Waals surface area contributed by atoms with E-state index in [1.54, 1.807) is 30.5 Å². The van der Waals surface area contributed by atoms with E-state index in [2.05, 4.69) is 15.8 Å². The number of aromatic nitrogens is 1. The Balaban J connectivity index is 1.06. The normalized spacial score (nSPS) is 17.8. The van der Waals surface area contributed by atoms with Gasteiger partial charge in [-0.25, -0.2) is 15.3 Å². The van der Waals surface area contributed by atoms with Gasteiger partial charge in [0.25, 0.3) is 11.8 Å². The summed E-state index contributed by atoms with van der Waals surface area (Å²) in [6.07, 6.45) is 8.54. The molecule has 2 aliphatic rings. The SMILES string of the molecule is O=C(C=Cc1cnc(NC2CCN(C(=O)c3ccc(Oc4ccccc4)cc3)CC2)c(Cl)c1)NOC1CCCCO1. The highest BCUT2D eigenvalue weighted by molar-refractivity contribution is 6.33. The van der Waals surface area contributed by atoms with Crippen LogP contribution in [0.2, 0.25) is 5.02 Å². The number of anilines is 1. The minimum atomic E-state index is -0.403. The van der Waals surface area contributed by atoms with E-state index in [4.69, 9.17) is 25.9 Å². The second kappa shape index (κ2) is 14.1. The molecular formula is C31H33ClN4O5. The van der Waals surface area contributed by atoms with Crippen LogP contribution in [0, 0.1) is 0 Å². The zero-order valence-electron chi connectivity index (χ0n) is 22.6. The number of nitrogens with zero attached hydrogens (tertiary/aromatic N) is 2. The van der Waals surface area contributed by atoms with E-state index >= 15 is 0 Å². The van der Waals surface area contributed by atoms with Gasteiger partial charge in [-0.2, -0.15) is 0 Å². The fourth-order valence-electron chi connectivity index (χ4n) is 4.68. The number of amides is 2. The number of nitrogens with one attached hydrogen (secondary N) is 2. The number of likely N-dealkylation sites (tertiary alicyclic amines) is 1. The fraction of sp³-hybridized carbons (Fsp3) is 0.323. The lowest BCUT2D eigenvalue weighted by Gasteiger charge is -2.33. The molecule has 2 aromatic carbocycles. The van der Waals surface area contributed by atoms with Crippen LogP contribution in [0.15, 0.2) is 72.9 Å². The Morgan fingerprint density at radius 1 is 1.00 bits per heavy atom. The van der Waals surface area contributed by atoms with E-state index in [0.29, 0.717) is 47.4 Å². The first-order valence-corrected chi connectivity index (χ1v) is 14.2. The maximum Gasteiger partial charge on any atom is 0.267 e. The highest BCUT2D eigenvalue weighted by Gasteiger charge is 2.24. The van der Waals surface area contributed by atoms with Crippen LogP contribution in [0.4, 0.5) is 5.82 Å². The molecule has 2 fully saturated rings. The Morgan fingerprint density at radius 3 is 2.46 bits per heavy atom. The molecule has 9 nitrogen and oxygen atoms in total. The molecule has 3 heterocycles. The number of ether oxygens (including phenoxy) is 2. The number of halogens is 1. The maximum absolute atomic E-state index is 13.0. The molecule has 0 aliphatic carbocycles. The number of pyridine rings is 1. The first-order valence-electron chi connectivity index (χ1n) is 13.8. The summed E-state index contributed by atoms with van der Waals surface area (Å²) < 4.78 is 11.2. The second-order valence-electron chi connectivity index (χ2n) is 9.96. The zero-order chi connectivity index (χ0) is 28.4. The molecule has 0 saturated carbocycles. The number of piperidine rings is 1. The molecule has 41 heavy (non-hydrogen) atoms. The van der Waals surface area contributed by atoms with Crippen molar-refractivity contribution in [3.05, 3.63) is 89.1 Å². The Bertz CT molecular complexity index is 1340. The molecule has 2 amide bonds. The highest BCUT2D eigenvalue weighted by Crippen LogP contribution is 2.25. The van der Waals surface area contributed by atoms with Gasteiger partial charge in [0.2, 0.25) is 0 Å². The van der Waals surface area contributed by atoms with Gasteiger partial charge in [-0.1, -0.05) is 29.8 Å². The quantitative estimate of drug-likeness (QED) is 0.244. The Kier molecular flexibility index (Phi) is 9.85. The monoisotopic (exact) mass is 576 g/mol. The van der Waals surface area contributed by atoms with Crippen molar-refractivity contribution in [1.29, 1.82) is 0 Å². The summed E-state index contributed by atoms with van der Waals surface area (Å²) >= 11 is 6.47. The van der Waals surface area contributed by atoms with Crippen LogP contribution in [0.5, 0.6) is 11.5 Å². The summed E-state index contributed by atoms with van der Waals surface area (Å²) in [5.41, 5.74) is 3.70. The molecule has 3 aromatic rings. The molecule has 5 rings (SSSR count). The summed E-state index contributed by atoms with van der Waals surface area (Å²) in [4.78, 5) is 36.7. The lowest BCUT2D eigenvalue weighted by atomic mass is 10.0. The molecule has 2 aliphatic heterocycles. The summed E-state index contributed by atoms with van der Waals surface area (Å²) in [5, 5.41) is 3.85. The van der Waals surface area contributed by atoms with Crippen molar-refractivity contribution in [2.45, 2.75) is 44.4 Å². The van der Waals surface area contributed by atoms with E-state index in [1.807, 2.05) is 47.4 Å². The van der Waals surface area contributed by atoms with Crippen LogP contribution in [0.25, 0.3) is 6.08 Å². The van der Waals surface area contributed by atoms with Gasteiger partial charge in [-0.15, -0.1) is 0 Å². The average molecular weight is 577 g/mol. The van der Waals surface area contributed by atoms with Crippen LogP contribution in [0.1, 0.15) is 48.0 Å². The number of para-hydroxylation sites is 1. The van der Waals surface area contributed by atoms with Crippen molar-refractivity contribution in [3.8, 4) is 11.5 Å². The topological polar surface area (TPSA) is 102 Å². The second-order valence-corrected chi connectivity index (χ2v) is 10.4. The zero-order valence-corrected chi connectivity index (χ0v) is 23.4. The first kappa shape index (κ1) is 28.6. The van der Waals surface area contributed by atoms with Crippen molar-refractivity contribution in [1.82, 2.24) is 15.4 Å². The number of hydrogen-bond donors (Lipinski definition) is 2. The van der Waals surface area contributed by atoms with Gasteiger partial charge < -0.3 is 19.7 Å². The van der Waals surface area contributed by atoms with Gasteiger partial charge in [0, 0.05) is 50.0 Å². The molecule has 1 unspecified atom stereocenters. The van der Waals surface area contributed by atoms with Gasteiger partial charge in [-0.05, 0) is 79.8 Å². The lowest BCUT2D eigenvalue weighted by molar-refractivity contribution is -0.198. The number of carbonyl (C=O) groups excluding carboxylic acids is 2. The third-order valence-corrected chi connectivity index (χ3v) is 7.21. The molecule has 0 bridgehead atoms. The Hall–Kier alpha value is -3.92. The minimum absolute atomic E-state index is 0.00251. The van der Waals surface area contributed by atoms with E-state index in [9.17, 15) is 9.59 Å². The molecule has 214 valence electrons. The van der Waals surface area contributed by atoms with Crippen molar-refractivity contribution in [3.63, 3.8) is 0 Å². The number of benzene rings is 2. The Morgan fingerprint density at radius 2 is 1.76 bits per heavy atom. The van der Waals surface area contributed by atoms with Gasteiger partial charge in [0.1, 0.15) is 17.3 Å². The third-order valence-electron chi connectivity index (χ3n) is 6.92. The molecule has 0 radical (unpaired) electrons. The maximum atomic E-state index is 13.0. The molecule has 0 spiro atoms. The summed E-state index contributed by atoms with van der Waals surface area (Å²) in [5.74, 6) is 1.62. The number of rotatable bonds is 9. The van der Waals surface area contributed by atoms with E-state index in [0.717, 1.165) is 37.9 Å². The predicted molar refractivity (Wildman–Crippen MR) is 157 cm³/mol. The largest absolute Gasteiger partial charge is 0.457 e. The van der Waals surface area contributed by atoms with Crippen LogP contribution in [0.3, 0.4) is 0 Å². The van der Waals surface area contributed by atoms with Gasteiger partial charge >= 0.3 is 0 Å². The summed E-state index contributed by atoms with van der Waals surface area (Å²) in [7, 11) is 0. The van der Waals surface area contributed by atoms with Crippen LogP contribution in [-0.4, -0.2) is 53.7 Å². The molecular weight excluding hydrogens is 544 g/mol. The van der Waals surface area contributed by atoms with E-state index in [1.165, 1.54) is 6.08 Å². The van der Waals surface area contributed by atoms with E-state index < -0.39 is 12.2 Å². The number of hydroxylamine groups is 1.